The second kappa shape index (κ2) is 8.20. The molecule has 1 atom stereocenters. The number of esters is 1. The van der Waals surface area contributed by atoms with Gasteiger partial charge in [-0.15, -0.1) is 4.40 Å². The number of amidine groups is 1. The Balaban J connectivity index is 1.66. The van der Waals surface area contributed by atoms with Crippen LogP contribution in [-0.4, -0.2) is 49.4 Å². The number of fused-ring (bicyclic) bond motifs is 1. The van der Waals surface area contributed by atoms with Gasteiger partial charge in [-0.1, -0.05) is 26.0 Å². The third-order valence-corrected chi connectivity index (χ3v) is 5.72. The Labute approximate surface area is 170 Å². The molecular weight excluding hydrogens is 394 g/mol. The molecule has 1 N–H and O–H groups in total. The Morgan fingerprint density at radius 1 is 1.17 bits per heavy atom. The van der Waals surface area contributed by atoms with Gasteiger partial charge in [0, 0.05) is 18.4 Å². The van der Waals surface area contributed by atoms with Gasteiger partial charge in [-0.05, 0) is 42.7 Å². The van der Waals surface area contributed by atoms with Gasteiger partial charge in [0.05, 0.1) is 5.75 Å². The molecule has 0 aromatic heterocycles. The summed E-state index contributed by atoms with van der Waals surface area (Å²) in [7, 11) is -3.63. The van der Waals surface area contributed by atoms with Crippen LogP contribution in [0.5, 0.6) is 0 Å². The number of anilines is 1. The molecule has 1 aromatic carbocycles. The highest BCUT2D eigenvalue weighted by Gasteiger charge is 2.32. The molecule has 0 aliphatic carbocycles. The second-order valence-electron chi connectivity index (χ2n) is 7.13. The Morgan fingerprint density at radius 3 is 2.52 bits per heavy atom. The first-order chi connectivity index (χ1) is 13.7. The van der Waals surface area contributed by atoms with Gasteiger partial charge >= 0.3 is 5.97 Å². The van der Waals surface area contributed by atoms with Crippen LogP contribution in [0.2, 0.25) is 0 Å². The number of allylic oxidation sites excluding steroid dienone is 2. The molecule has 29 heavy (non-hydrogen) atoms. The fraction of sp³-hybridized carbons (Fsp3) is 0.350. The van der Waals surface area contributed by atoms with E-state index >= 15 is 0 Å². The molecule has 8 nitrogen and oxygen atoms in total. The van der Waals surface area contributed by atoms with Crippen molar-refractivity contribution in [1.29, 1.82) is 0 Å². The predicted octanol–water partition coefficient (Wildman–Crippen LogP) is 2.18. The van der Waals surface area contributed by atoms with E-state index in [2.05, 4.69) is 23.6 Å². The number of sulfonamides is 1. The van der Waals surface area contributed by atoms with Gasteiger partial charge in [0.2, 0.25) is 0 Å². The number of nitrogens with zero attached hydrogens (tertiary/aromatic N) is 2. The van der Waals surface area contributed by atoms with E-state index in [9.17, 15) is 18.0 Å². The molecule has 0 saturated heterocycles. The van der Waals surface area contributed by atoms with Gasteiger partial charge in [0.1, 0.15) is 5.57 Å². The highest BCUT2D eigenvalue weighted by atomic mass is 32.2. The van der Waals surface area contributed by atoms with Gasteiger partial charge in [0.15, 0.2) is 11.9 Å². The van der Waals surface area contributed by atoms with Crippen LogP contribution >= 0.6 is 0 Å². The monoisotopic (exact) mass is 417 g/mol. The largest absolute Gasteiger partial charge is 0.449 e. The average Bonchev–Trinajstić information content (AvgIpc) is 2.67. The molecule has 0 radical (unpaired) electrons. The summed E-state index contributed by atoms with van der Waals surface area (Å²) in [6.45, 7) is 5.80. The number of nitrogens with one attached hydrogen (secondary N) is 1. The topological polar surface area (TPSA) is 105 Å². The summed E-state index contributed by atoms with van der Waals surface area (Å²) in [5, 5.41) is 2.70. The van der Waals surface area contributed by atoms with Crippen molar-refractivity contribution in [2.75, 3.05) is 17.6 Å². The van der Waals surface area contributed by atoms with E-state index < -0.39 is 28.0 Å². The van der Waals surface area contributed by atoms with Crippen molar-refractivity contribution in [3.05, 3.63) is 53.8 Å². The molecule has 0 fully saturated rings. The maximum atomic E-state index is 12.5. The number of amides is 1. The second-order valence-corrected chi connectivity index (χ2v) is 8.88. The van der Waals surface area contributed by atoms with Gasteiger partial charge in [-0.3, -0.25) is 4.79 Å². The number of carbonyl (C=O) groups is 2. The first-order valence-corrected chi connectivity index (χ1v) is 10.9. The standard InChI is InChI=1S/C20H23N3O5S/c1-13(2)15-6-8-16(9-7-15)21-19(24)14(3)28-20(25)17-5-4-10-23-11-12-29(26,27)22-18(17)23/h4-10,13-14H,11-12H2,1-3H3,(H,21,24). The number of ether oxygens (including phenoxy) is 1. The molecule has 1 aromatic rings. The van der Waals surface area contributed by atoms with Gasteiger partial charge in [-0.2, -0.15) is 0 Å². The Morgan fingerprint density at radius 2 is 1.86 bits per heavy atom. The van der Waals surface area contributed by atoms with Crippen molar-refractivity contribution in [2.24, 2.45) is 4.40 Å². The summed E-state index contributed by atoms with van der Waals surface area (Å²) in [5.74, 6) is -1.03. The van der Waals surface area contributed by atoms with Gasteiger partial charge < -0.3 is 15.0 Å². The van der Waals surface area contributed by atoms with Crippen LogP contribution in [0.3, 0.4) is 0 Å². The number of hydrogen-bond donors (Lipinski definition) is 1. The molecule has 1 amide bonds. The zero-order valence-electron chi connectivity index (χ0n) is 16.5. The molecule has 2 aliphatic rings. The molecule has 0 saturated carbocycles. The van der Waals surface area contributed by atoms with Crippen LogP contribution in [0, 0.1) is 0 Å². The van der Waals surface area contributed by atoms with Crippen LogP contribution in [-0.2, 0) is 24.3 Å². The van der Waals surface area contributed by atoms with E-state index in [1.165, 1.54) is 13.0 Å². The number of benzene rings is 1. The first-order valence-electron chi connectivity index (χ1n) is 9.26. The van der Waals surface area contributed by atoms with E-state index in [1.54, 1.807) is 29.3 Å². The third kappa shape index (κ3) is 4.92. The summed E-state index contributed by atoms with van der Waals surface area (Å²) in [5.41, 5.74) is 1.74. The summed E-state index contributed by atoms with van der Waals surface area (Å²) < 4.78 is 32.5. The molecule has 1 unspecified atom stereocenters. The number of rotatable bonds is 5. The molecular formula is C20H23N3O5S. The fourth-order valence-corrected chi connectivity index (χ4v) is 3.83. The Bertz CT molecular complexity index is 1010. The van der Waals surface area contributed by atoms with Crippen molar-refractivity contribution in [2.45, 2.75) is 32.8 Å². The van der Waals surface area contributed by atoms with Gasteiger partial charge in [0.25, 0.3) is 15.9 Å². The van der Waals surface area contributed by atoms with Crippen LogP contribution in [0.4, 0.5) is 5.69 Å². The lowest BCUT2D eigenvalue weighted by atomic mass is 10.0. The fourth-order valence-electron chi connectivity index (χ4n) is 2.85. The molecule has 3 rings (SSSR count). The summed E-state index contributed by atoms with van der Waals surface area (Å²) in [6, 6.07) is 7.42. The molecule has 2 heterocycles. The minimum atomic E-state index is -3.63. The van der Waals surface area contributed by atoms with Crippen molar-refractivity contribution in [1.82, 2.24) is 4.90 Å². The smallest absolute Gasteiger partial charge is 0.342 e. The first kappa shape index (κ1) is 20.8. The van der Waals surface area contributed by atoms with E-state index in [-0.39, 0.29) is 23.7 Å². The molecule has 9 heteroatoms. The summed E-state index contributed by atoms with van der Waals surface area (Å²) in [4.78, 5) is 26.5. The summed E-state index contributed by atoms with van der Waals surface area (Å²) >= 11 is 0. The highest BCUT2D eigenvalue weighted by Crippen LogP contribution is 2.20. The normalized spacial score (nSPS) is 18.4. The minimum absolute atomic E-state index is 0.00305. The maximum absolute atomic E-state index is 12.5. The van der Waals surface area contributed by atoms with E-state index in [0.717, 1.165) is 5.56 Å². The minimum Gasteiger partial charge on any atom is -0.449 e. The highest BCUT2D eigenvalue weighted by molar-refractivity contribution is 7.90. The average molecular weight is 417 g/mol. The van der Waals surface area contributed by atoms with Crippen LogP contribution in [0.1, 0.15) is 32.3 Å². The zero-order valence-corrected chi connectivity index (χ0v) is 17.3. The summed E-state index contributed by atoms with van der Waals surface area (Å²) in [6.07, 6.45) is 3.59. The lowest BCUT2D eigenvalue weighted by Crippen LogP contribution is -2.41. The maximum Gasteiger partial charge on any atom is 0.342 e. The lowest BCUT2D eigenvalue weighted by Gasteiger charge is -2.28. The van der Waals surface area contributed by atoms with Crippen molar-refractivity contribution >= 4 is 33.4 Å². The molecule has 2 aliphatic heterocycles. The van der Waals surface area contributed by atoms with E-state index in [1.807, 2.05) is 12.1 Å². The van der Waals surface area contributed by atoms with Gasteiger partial charge in [-0.25, -0.2) is 13.2 Å². The molecule has 154 valence electrons. The van der Waals surface area contributed by atoms with Crippen molar-refractivity contribution in [3.63, 3.8) is 0 Å². The number of hydrogen-bond acceptors (Lipinski definition) is 6. The predicted molar refractivity (Wildman–Crippen MR) is 110 cm³/mol. The van der Waals surface area contributed by atoms with E-state index in [4.69, 9.17) is 4.74 Å². The molecule has 0 bridgehead atoms. The van der Waals surface area contributed by atoms with Crippen LogP contribution in [0.15, 0.2) is 52.6 Å². The van der Waals surface area contributed by atoms with Crippen LogP contribution in [0.25, 0.3) is 0 Å². The molecule has 0 spiro atoms. The SMILES string of the molecule is CC(OC(=O)C1=CC=CN2CCS(=O)(=O)N=C12)C(=O)Nc1ccc(C(C)C)cc1. The quantitative estimate of drug-likeness (QED) is 0.736. The Hall–Kier alpha value is -2.94. The van der Waals surface area contributed by atoms with Crippen molar-refractivity contribution < 1.29 is 22.7 Å². The van der Waals surface area contributed by atoms with E-state index in [0.29, 0.717) is 11.6 Å². The Kier molecular flexibility index (Phi) is 5.88. The third-order valence-electron chi connectivity index (χ3n) is 4.58. The number of carbonyl (C=O) groups excluding carboxylic acids is 2. The lowest BCUT2D eigenvalue weighted by molar-refractivity contribution is -0.148. The van der Waals surface area contributed by atoms with Crippen molar-refractivity contribution in [3.8, 4) is 0 Å². The zero-order chi connectivity index (χ0) is 21.2. The van der Waals surface area contributed by atoms with Crippen LogP contribution < -0.4 is 5.32 Å².